The van der Waals surface area contributed by atoms with E-state index in [0.717, 1.165) is 36.8 Å². The van der Waals surface area contributed by atoms with Crippen molar-refractivity contribution in [1.29, 1.82) is 0 Å². The Balaban J connectivity index is 1.80. The molecule has 1 aliphatic carbocycles. The Bertz CT molecular complexity index is 1360. The number of fused-ring (bicyclic) bond motifs is 3. The van der Waals surface area contributed by atoms with Crippen molar-refractivity contribution in [3.8, 4) is 0 Å². The van der Waals surface area contributed by atoms with Gasteiger partial charge in [-0.15, -0.1) is 5.10 Å². The highest BCUT2D eigenvalue weighted by Crippen LogP contribution is 2.19. The van der Waals surface area contributed by atoms with Crippen LogP contribution in [0.4, 0.5) is 0 Å². The molecule has 1 fully saturated rings. The number of hydrogen-bond donors (Lipinski definition) is 2. The second-order valence-corrected chi connectivity index (χ2v) is 9.45. The molecule has 2 amide bonds. The van der Waals surface area contributed by atoms with Gasteiger partial charge in [-0.1, -0.05) is 33.1 Å². The quantitative estimate of drug-likeness (QED) is 0.510. The van der Waals surface area contributed by atoms with Gasteiger partial charge in [0, 0.05) is 24.2 Å². The number of amides is 2. The Hall–Kier alpha value is -3.43. The maximum atomic E-state index is 13.4. The van der Waals surface area contributed by atoms with Gasteiger partial charge in [-0.05, 0) is 50.8 Å². The summed E-state index contributed by atoms with van der Waals surface area (Å²) in [7, 11) is 0. The molecular formula is C25H34N6O4. The molecule has 1 atom stereocenters. The third-order valence-corrected chi connectivity index (χ3v) is 6.74. The summed E-state index contributed by atoms with van der Waals surface area (Å²) in [5.41, 5.74) is -0.118. The zero-order valence-electron chi connectivity index (χ0n) is 20.7. The highest BCUT2D eigenvalue weighted by Gasteiger charge is 2.21. The fraction of sp³-hybridized carbons (Fsp3) is 0.560. The molecule has 0 saturated heterocycles. The van der Waals surface area contributed by atoms with Crippen molar-refractivity contribution in [3.63, 3.8) is 0 Å². The van der Waals surface area contributed by atoms with Crippen LogP contribution in [-0.4, -0.2) is 42.6 Å². The molecule has 10 nitrogen and oxygen atoms in total. The van der Waals surface area contributed by atoms with E-state index in [1.807, 2.05) is 20.8 Å². The predicted molar refractivity (Wildman–Crippen MR) is 134 cm³/mol. The summed E-state index contributed by atoms with van der Waals surface area (Å²) in [5.74, 6) is -0.389. The summed E-state index contributed by atoms with van der Waals surface area (Å²) < 4.78 is 3.86. The van der Waals surface area contributed by atoms with Crippen LogP contribution >= 0.6 is 0 Å². The number of hydrogen-bond acceptors (Lipinski definition) is 5. The first-order chi connectivity index (χ1) is 16.8. The average molecular weight is 483 g/mol. The smallest absolute Gasteiger partial charge is 0.352 e. The van der Waals surface area contributed by atoms with Gasteiger partial charge >= 0.3 is 5.69 Å². The summed E-state index contributed by atoms with van der Waals surface area (Å²) in [6.45, 7) is 5.89. The minimum Gasteiger partial charge on any atom is -0.352 e. The van der Waals surface area contributed by atoms with Crippen LogP contribution in [0.5, 0.6) is 0 Å². The van der Waals surface area contributed by atoms with Crippen LogP contribution in [0.2, 0.25) is 0 Å². The molecule has 2 aromatic heterocycles. The molecular weight excluding hydrogens is 448 g/mol. The fourth-order valence-electron chi connectivity index (χ4n) is 4.66. The van der Waals surface area contributed by atoms with E-state index in [0.29, 0.717) is 29.4 Å². The molecule has 4 rings (SSSR count). The van der Waals surface area contributed by atoms with Gasteiger partial charge in [0.15, 0.2) is 0 Å². The Labute approximate surface area is 203 Å². The molecule has 1 saturated carbocycles. The zero-order chi connectivity index (χ0) is 25.1. The SMILES string of the molecule is CCCn1c(=O)c2ccc(C(=O)NC3CCCCC3)cc2n2c(=O)n(CC(=O)NC(C)CC)nc12. The molecule has 2 N–H and O–H groups in total. The molecule has 1 aromatic carbocycles. The minimum atomic E-state index is -0.529. The topological polar surface area (TPSA) is 120 Å². The van der Waals surface area contributed by atoms with Crippen molar-refractivity contribution in [2.24, 2.45) is 0 Å². The molecule has 0 spiro atoms. The first-order valence-electron chi connectivity index (χ1n) is 12.6. The van der Waals surface area contributed by atoms with Crippen molar-refractivity contribution < 1.29 is 9.59 Å². The number of benzene rings is 1. The molecule has 2 heterocycles. The van der Waals surface area contributed by atoms with E-state index in [1.54, 1.807) is 18.2 Å². The molecule has 188 valence electrons. The molecule has 0 radical (unpaired) electrons. The van der Waals surface area contributed by atoms with Crippen molar-refractivity contribution >= 4 is 28.5 Å². The van der Waals surface area contributed by atoms with Crippen LogP contribution in [0.1, 0.15) is 76.1 Å². The number of aromatic nitrogens is 4. The monoisotopic (exact) mass is 482 g/mol. The Morgan fingerprint density at radius 2 is 1.89 bits per heavy atom. The summed E-state index contributed by atoms with van der Waals surface area (Å²) in [6.07, 6.45) is 6.72. The van der Waals surface area contributed by atoms with Crippen LogP contribution in [-0.2, 0) is 17.9 Å². The number of aryl methyl sites for hydroxylation is 1. The van der Waals surface area contributed by atoms with Gasteiger partial charge < -0.3 is 10.6 Å². The predicted octanol–water partition coefficient (Wildman–Crippen LogP) is 2.20. The third-order valence-electron chi connectivity index (χ3n) is 6.74. The molecule has 3 aromatic rings. The number of nitrogens with zero attached hydrogens (tertiary/aromatic N) is 4. The van der Waals surface area contributed by atoms with E-state index >= 15 is 0 Å². The molecule has 0 bridgehead atoms. The van der Waals surface area contributed by atoms with Gasteiger partial charge in [-0.3, -0.25) is 19.0 Å². The summed E-state index contributed by atoms with van der Waals surface area (Å²) in [5, 5.41) is 10.6. The Kier molecular flexibility index (Phi) is 7.37. The minimum absolute atomic E-state index is 0.0282. The number of carbonyl (C=O) groups excluding carboxylic acids is 2. The van der Waals surface area contributed by atoms with E-state index < -0.39 is 5.69 Å². The largest absolute Gasteiger partial charge is 0.352 e. The van der Waals surface area contributed by atoms with Gasteiger partial charge in [-0.25, -0.2) is 13.9 Å². The summed E-state index contributed by atoms with van der Waals surface area (Å²) in [4.78, 5) is 52.0. The molecule has 10 heteroatoms. The lowest BCUT2D eigenvalue weighted by Crippen LogP contribution is -2.37. The van der Waals surface area contributed by atoms with Gasteiger partial charge in [0.25, 0.3) is 11.5 Å². The summed E-state index contributed by atoms with van der Waals surface area (Å²) in [6, 6.07) is 4.90. The highest BCUT2D eigenvalue weighted by atomic mass is 16.2. The Morgan fingerprint density at radius 3 is 2.57 bits per heavy atom. The third kappa shape index (κ3) is 5.01. The van der Waals surface area contributed by atoms with E-state index in [1.165, 1.54) is 15.4 Å². The van der Waals surface area contributed by atoms with Crippen molar-refractivity contribution in [2.75, 3.05) is 0 Å². The average Bonchev–Trinajstić information content (AvgIpc) is 3.17. The van der Waals surface area contributed by atoms with E-state index in [4.69, 9.17) is 0 Å². The standard InChI is InChI=1S/C25H34N6O4/c1-4-13-29-23(34)19-12-11-17(22(33)27-18-9-7-6-8-10-18)14-20(19)31-24(29)28-30(25(31)35)15-21(32)26-16(3)5-2/h11-12,14,16,18H,4-10,13,15H2,1-3H3,(H,26,32)(H,27,33). The number of rotatable bonds is 8. The van der Waals surface area contributed by atoms with Crippen LogP contribution in [0.3, 0.4) is 0 Å². The van der Waals surface area contributed by atoms with Gasteiger partial charge in [-0.2, -0.15) is 0 Å². The van der Waals surface area contributed by atoms with Crippen molar-refractivity contribution in [3.05, 3.63) is 44.6 Å². The molecule has 1 unspecified atom stereocenters. The van der Waals surface area contributed by atoms with E-state index in [2.05, 4.69) is 15.7 Å². The number of carbonyl (C=O) groups is 2. The lowest BCUT2D eigenvalue weighted by molar-refractivity contribution is -0.122. The van der Waals surface area contributed by atoms with Gasteiger partial charge in [0.1, 0.15) is 6.54 Å². The van der Waals surface area contributed by atoms with E-state index in [-0.39, 0.29) is 41.8 Å². The lowest BCUT2D eigenvalue weighted by Gasteiger charge is -2.22. The fourth-order valence-corrected chi connectivity index (χ4v) is 4.66. The Morgan fingerprint density at radius 1 is 1.14 bits per heavy atom. The normalized spacial score (nSPS) is 15.4. The second-order valence-electron chi connectivity index (χ2n) is 9.45. The first kappa shape index (κ1) is 24.7. The maximum Gasteiger partial charge on any atom is 0.352 e. The first-order valence-corrected chi connectivity index (χ1v) is 12.6. The van der Waals surface area contributed by atoms with Crippen LogP contribution < -0.4 is 21.9 Å². The van der Waals surface area contributed by atoms with E-state index in [9.17, 15) is 19.2 Å². The summed E-state index contributed by atoms with van der Waals surface area (Å²) >= 11 is 0. The van der Waals surface area contributed by atoms with Crippen molar-refractivity contribution in [1.82, 2.24) is 29.4 Å². The second kappa shape index (κ2) is 10.5. The van der Waals surface area contributed by atoms with Crippen LogP contribution in [0.25, 0.3) is 16.7 Å². The van der Waals surface area contributed by atoms with Crippen LogP contribution in [0.15, 0.2) is 27.8 Å². The van der Waals surface area contributed by atoms with Crippen molar-refractivity contribution in [2.45, 2.75) is 90.9 Å². The molecule has 35 heavy (non-hydrogen) atoms. The number of nitrogens with one attached hydrogen (secondary N) is 2. The highest BCUT2D eigenvalue weighted by molar-refractivity contribution is 5.98. The van der Waals surface area contributed by atoms with Gasteiger partial charge in [0.2, 0.25) is 11.7 Å². The van der Waals surface area contributed by atoms with Crippen LogP contribution in [0, 0.1) is 0 Å². The molecule has 1 aliphatic rings. The maximum absolute atomic E-state index is 13.4. The zero-order valence-corrected chi connectivity index (χ0v) is 20.7. The van der Waals surface area contributed by atoms with Gasteiger partial charge in [0.05, 0.1) is 10.9 Å². The lowest BCUT2D eigenvalue weighted by atomic mass is 9.95. The molecule has 0 aliphatic heterocycles.